The highest BCUT2D eigenvalue weighted by Gasteiger charge is 2.19. The zero-order chi connectivity index (χ0) is 30.8. The van der Waals surface area contributed by atoms with Crippen LogP contribution in [0.15, 0.2) is 97.1 Å². The SMILES string of the molecule is CCOC(=O)CCC[N+](O)=Cc1ccccc1N(C)C(=O)c1ccc(NC(=O)c2ccccc2-c2ccc(C)cc2)cc1. The van der Waals surface area contributed by atoms with E-state index in [1.165, 1.54) is 11.1 Å². The highest BCUT2D eigenvalue weighted by Crippen LogP contribution is 2.25. The van der Waals surface area contributed by atoms with Crippen molar-refractivity contribution in [2.24, 2.45) is 0 Å². The fraction of sp³-hybridized carbons (Fsp3) is 0.200. The van der Waals surface area contributed by atoms with E-state index in [1.807, 2.05) is 61.5 Å². The second kappa shape index (κ2) is 14.6. The minimum atomic E-state index is -0.306. The highest BCUT2D eigenvalue weighted by atomic mass is 16.5. The van der Waals surface area contributed by atoms with Crippen molar-refractivity contribution in [2.45, 2.75) is 26.7 Å². The normalized spacial score (nSPS) is 11.1. The summed E-state index contributed by atoms with van der Waals surface area (Å²) in [7, 11) is 1.66. The van der Waals surface area contributed by atoms with E-state index in [0.29, 0.717) is 41.1 Å². The van der Waals surface area contributed by atoms with Gasteiger partial charge in [-0.25, -0.2) is 0 Å². The molecule has 0 radical (unpaired) electrons. The summed E-state index contributed by atoms with van der Waals surface area (Å²) in [6.07, 6.45) is 2.15. The molecule has 0 unspecified atom stereocenters. The number of anilines is 2. The van der Waals surface area contributed by atoms with Gasteiger partial charge in [0.05, 0.1) is 24.3 Å². The highest BCUT2D eigenvalue weighted by molar-refractivity contribution is 6.10. The van der Waals surface area contributed by atoms with Gasteiger partial charge in [0.1, 0.15) is 0 Å². The lowest BCUT2D eigenvalue weighted by molar-refractivity contribution is -0.771. The van der Waals surface area contributed by atoms with Crippen molar-refractivity contribution in [3.05, 3.63) is 119 Å². The van der Waals surface area contributed by atoms with Crippen molar-refractivity contribution in [1.29, 1.82) is 0 Å². The van der Waals surface area contributed by atoms with Crippen LogP contribution in [-0.4, -0.2) is 54.1 Å². The molecule has 8 heteroatoms. The number of carbonyl (C=O) groups is 3. The predicted molar refractivity (Wildman–Crippen MR) is 168 cm³/mol. The predicted octanol–water partition coefficient (Wildman–Crippen LogP) is 6.35. The molecule has 0 atom stereocenters. The molecule has 4 aromatic carbocycles. The molecule has 220 valence electrons. The standard InChI is InChI=1S/C35H35N3O5/c1-4-43-33(39)14-9-23-38(42)24-28-10-5-8-13-32(28)37(3)35(41)27-19-21-29(22-20-27)36-34(40)31-12-7-6-11-30(31)26-17-15-25(2)16-18-26/h5-8,10-13,15-22,24H,4,9,14,23H2,1-3H3,(H-,36,40,41,42)/p+1. The third kappa shape index (κ3) is 8.16. The number of benzene rings is 4. The van der Waals surface area contributed by atoms with Gasteiger partial charge in [-0.2, -0.15) is 0 Å². The maximum absolute atomic E-state index is 13.4. The Morgan fingerprint density at radius 3 is 2.30 bits per heavy atom. The molecule has 0 aromatic heterocycles. The van der Waals surface area contributed by atoms with E-state index in [1.54, 1.807) is 56.4 Å². The van der Waals surface area contributed by atoms with Gasteiger partial charge in [-0.05, 0) is 72.2 Å². The van der Waals surface area contributed by atoms with Crippen LogP contribution in [0, 0.1) is 6.92 Å². The van der Waals surface area contributed by atoms with E-state index in [2.05, 4.69) is 5.32 Å². The second-order valence-electron chi connectivity index (χ2n) is 10.1. The summed E-state index contributed by atoms with van der Waals surface area (Å²) in [5.74, 6) is -0.804. The van der Waals surface area contributed by atoms with E-state index in [0.717, 1.165) is 21.4 Å². The maximum atomic E-state index is 13.4. The average Bonchev–Trinajstić information content (AvgIpc) is 3.01. The second-order valence-corrected chi connectivity index (χ2v) is 10.1. The Balaban J connectivity index is 1.44. The number of nitrogens with one attached hydrogen (secondary N) is 1. The van der Waals surface area contributed by atoms with E-state index >= 15 is 0 Å². The van der Waals surface area contributed by atoms with Gasteiger partial charge in [-0.1, -0.05) is 60.2 Å². The molecular formula is C35H36N3O5+. The van der Waals surface area contributed by atoms with Crippen LogP contribution in [0.3, 0.4) is 0 Å². The maximum Gasteiger partial charge on any atom is 0.306 e. The van der Waals surface area contributed by atoms with Gasteiger partial charge in [0.15, 0.2) is 6.54 Å². The number of hydrogen-bond acceptors (Lipinski definition) is 5. The summed E-state index contributed by atoms with van der Waals surface area (Å²) in [5, 5.41) is 13.3. The van der Waals surface area contributed by atoms with Crippen molar-refractivity contribution in [2.75, 3.05) is 30.4 Å². The third-order valence-corrected chi connectivity index (χ3v) is 6.89. The van der Waals surface area contributed by atoms with Gasteiger partial charge >= 0.3 is 5.97 Å². The van der Waals surface area contributed by atoms with Crippen molar-refractivity contribution in [1.82, 2.24) is 0 Å². The number of amides is 2. The zero-order valence-electron chi connectivity index (χ0n) is 24.6. The Hall–Kier alpha value is -5.24. The molecule has 0 aliphatic carbocycles. The summed E-state index contributed by atoms with van der Waals surface area (Å²) in [4.78, 5) is 39.6. The topological polar surface area (TPSA) is 99.0 Å². The van der Waals surface area contributed by atoms with E-state index in [4.69, 9.17) is 4.74 Å². The quantitative estimate of drug-likeness (QED) is 0.0710. The van der Waals surface area contributed by atoms with Crippen molar-refractivity contribution < 1.29 is 29.1 Å². The molecule has 4 rings (SSSR count). The molecule has 2 N–H and O–H groups in total. The number of hydroxylamine groups is 1. The lowest BCUT2D eigenvalue weighted by atomic mass is 9.98. The van der Waals surface area contributed by atoms with Crippen LogP contribution in [0.2, 0.25) is 0 Å². The van der Waals surface area contributed by atoms with Crippen LogP contribution in [0.5, 0.6) is 0 Å². The molecule has 0 fully saturated rings. The van der Waals surface area contributed by atoms with Gasteiger partial charge in [0.25, 0.3) is 11.8 Å². The first-order chi connectivity index (χ1) is 20.8. The van der Waals surface area contributed by atoms with Gasteiger partial charge in [0, 0.05) is 30.3 Å². The fourth-order valence-corrected chi connectivity index (χ4v) is 4.61. The Labute approximate surface area is 251 Å². The Bertz CT molecular complexity index is 1610. The van der Waals surface area contributed by atoms with Gasteiger partial charge in [-0.15, -0.1) is 0 Å². The number of para-hydroxylation sites is 1. The van der Waals surface area contributed by atoms with E-state index < -0.39 is 0 Å². The molecule has 2 amide bonds. The number of rotatable bonds is 11. The summed E-state index contributed by atoms with van der Waals surface area (Å²) >= 11 is 0. The Morgan fingerprint density at radius 1 is 0.907 bits per heavy atom. The monoisotopic (exact) mass is 578 g/mol. The Kier molecular flexibility index (Phi) is 10.4. The number of ether oxygens (including phenoxy) is 1. The van der Waals surface area contributed by atoms with Crippen molar-refractivity contribution in [3.63, 3.8) is 0 Å². The average molecular weight is 579 g/mol. The van der Waals surface area contributed by atoms with Crippen molar-refractivity contribution >= 4 is 35.4 Å². The van der Waals surface area contributed by atoms with E-state index in [9.17, 15) is 19.6 Å². The molecule has 8 nitrogen and oxygen atoms in total. The molecular weight excluding hydrogens is 542 g/mol. The van der Waals surface area contributed by atoms with Gasteiger partial charge in [0.2, 0.25) is 6.21 Å². The van der Waals surface area contributed by atoms with Crippen LogP contribution in [0.1, 0.15) is 51.6 Å². The fourth-order valence-electron chi connectivity index (χ4n) is 4.61. The number of carbonyl (C=O) groups excluding carboxylic acids is 3. The van der Waals surface area contributed by atoms with Crippen LogP contribution >= 0.6 is 0 Å². The van der Waals surface area contributed by atoms with E-state index in [-0.39, 0.29) is 30.7 Å². The number of aryl methyl sites for hydroxylation is 1. The molecule has 0 aliphatic heterocycles. The molecule has 0 spiro atoms. The first-order valence-electron chi connectivity index (χ1n) is 14.2. The minimum absolute atomic E-state index is 0.203. The molecule has 0 saturated heterocycles. The van der Waals surface area contributed by atoms with Crippen LogP contribution < -0.4 is 10.2 Å². The molecule has 43 heavy (non-hydrogen) atoms. The molecule has 4 aromatic rings. The van der Waals surface area contributed by atoms with Crippen LogP contribution in [-0.2, 0) is 9.53 Å². The molecule has 0 saturated carbocycles. The summed E-state index contributed by atoms with van der Waals surface area (Å²) in [5.41, 5.74) is 5.73. The molecule has 0 heterocycles. The largest absolute Gasteiger partial charge is 0.466 e. The lowest BCUT2D eigenvalue weighted by Gasteiger charge is -2.19. The summed E-state index contributed by atoms with van der Waals surface area (Å²) in [6.45, 7) is 4.32. The Morgan fingerprint density at radius 2 is 1.58 bits per heavy atom. The zero-order valence-corrected chi connectivity index (χ0v) is 24.6. The number of nitrogens with zero attached hydrogens (tertiary/aromatic N) is 2. The number of esters is 1. The van der Waals surface area contributed by atoms with Crippen LogP contribution in [0.25, 0.3) is 11.1 Å². The molecule has 0 bridgehead atoms. The summed E-state index contributed by atoms with van der Waals surface area (Å²) in [6, 6.07) is 29.4. The lowest BCUT2D eigenvalue weighted by Crippen LogP contribution is -2.27. The smallest absolute Gasteiger partial charge is 0.306 e. The minimum Gasteiger partial charge on any atom is -0.466 e. The molecule has 0 aliphatic rings. The first kappa shape index (κ1) is 30.7. The van der Waals surface area contributed by atoms with Gasteiger partial charge in [-0.3, -0.25) is 19.6 Å². The van der Waals surface area contributed by atoms with Crippen molar-refractivity contribution in [3.8, 4) is 11.1 Å². The first-order valence-corrected chi connectivity index (χ1v) is 14.2. The number of hydrogen-bond donors (Lipinski definition) is 2. The van der Waals surface area contributed by atoms with Gasteiger partial charge < -0.3 is 15.0 Å². The third-order valence-electron chi connectivity index (χ3n) is 6.89. The summed E-state index contributed by atoms with van der Waals surface area (Å²) < 4.78 is 5.92. The van der Waals surface area contributed by atoms with Crippen LogP contribution in [0.4, 0.5) is 11.4 Å².